The predicted octanol–water partition coefficient (Wildman–Crippen LogP) is 0.892. The molecular weight excluding hydrogens is 196 g/mol. The molecule has 15 heavy (non-hydrogen) atoms. The topological polar surface area (TPSA) is 75.4 Å². The molecule has 0 amide bonds. The van der Waals surface area contributed by atoms with Gasteiger partial charge in [0.15, 0.2) is 0 Å². The SMILES string of the molecule is Cc1cnc(C2(C)NCCC2C(=O)O)o1. The van der Waals surface area contributed by atoms with Crippen LogP contribution in [0, 0.1) is 12.8 Å². The third-order valence-corrected chi connectivity index (χ3v) is 2.99. The van der Waals surface area contributed by atoms with E-state index in [2.05, 4.69) is 10.3 Å². The Hall–Kier alpha value is -1.36. The van der Waals surface area contributed by atoms with Gasteiger partial charge in [0.05, 0.1) is 12.1 Å². The molecule has 5 heteroatoms. The van der Waals surface area contributed by atoms with Crippen LogP contribution >= 0.6 is 0 Å². The lowest BCUT2D eigenvalue weighted by molar-refractivity contribution is -0.143. The number of carboxylic acids is 1. The molecule has 1 fully saturated rings. The molecule has 2 N–H and O–H groups in total. The molecule has 0 aliphatic carbocycles. The number of oxazole rings is 1. The summed E-state index contributed by atoms with van der Waals surface area (Å²) in [5, 5.41) is 12.3. The fourth-order valence-electron chi connectivity index (χ4n) is 2.08. The van der Waals surface area contributed by atoms with Gasteiger partial charge in [-0.15, -0.1) is 0 Å². The number of aliphatic carboxylic acids is 1. The maximum absolute atomic E-state index is 11.1. The summed E-state index contributed by atoms with van der Waals surface area (Å²) in [5.74, 6) is -0.122. The summed E-state index contributed by atoms with van der Waals surface area (Å²) in [5.41, 5.74) is -0.680. The molecule has 0 radical (unpaired) electrons. The second-order valence-electron chi connectivity index (χ2n) is 4.08. The largest absolute Gasteiger partial charge is 0.481 e. The fraction of sp³-hybridized carbons (Fsp3) is 0.600. The molecule has 1 aromatic rings. The van der Waals surface area contributed by atoms with E-state index in [0.29, 0.717) is 24.6 Å². The Morgan fingerprint density at radius 2 is 2.53 bits per heavy atom. The zero-order valence-electron chi connectivity index (χ0n) is 8.78. The van der Waals surface area contributed by atoms with Crippen molar-refractivity contribution in [1.82, 2.24) is 10.3 Å². The van der Waals surface area contributed by atoms with Crippen LogP contribution < -0.4 is 5.32 Å². The van der Waals surface area contributed by atoms with Gasteiger partial charge in [-0.05, 0) is 26.8 Å². The molecule has 2 rings (SSSR count). The Bertz CT molecular complexity index is 388. The third-order valence-electron chi connectivity index (χ3n) is 2.99. The summed E-state index contributed by atoms with van der Waals surface area (Å²) in [7, 11) is 0. The smallest absolute Gasteiger partial charge is 0.308 e. The molecule has 1 aliphatic heterocycles. The van der Waals surface area contributed by atoms with Crippen LogP contribution in [0.4, 0.5) is 0 Å². The summed E-state index contributed by atoms with van der Waals surface area (Å²) >= 11 is 0. The Morgan fingerprint density at radius 1 is 1.80 bits per heavy atom. The van der Waals surface area contributed by atoms with E-state index in [1.165, 1.54) is 0 Å². The lowest BCUT2D eigenvalue weighted by Gasteiger charge is -2.25. The normalized spacial score (nSPS) is 30.7. The molecule has 2 atom stereocenters. The second-order valence-corrected chi connectivity index (χ2v) is 4.08. The first-order chi connectivity index (χ1) is 7.04. The van der Waals surface area contributed by atoms with Gasteiger partial charge >= 0.3 is 5.97 Å². The Balaban J connectivity index is 2.36. The average Bonchev–Trinajstić information content (AvgIpc) is 2.72. The first-order valence-corrected chi connectivity index (χ1v) is 4.95. The van der Waals surface area contributed by atoms with Crippen LogP contribution in [-0.2, 0) is 10.3 Å². The highest BCUT2D eigenvalue weighted by Gasteiger charge is 2.47. The van der Waals surface area contributed by atoms with Crippen molar-refractivity contribution in [2.75, 3.05) is 6.54 Å². The maximum Gasteiger partial charge on any atom is 0.308 e. The first-order valence-electron chi connectivity index (χ1n) is 4.95. The Labute approximate surface area is 87.5 Å². The van der Waals surface area contributed by atoms with E-state index < -0.39 is 17.4 Å². The zero-order chi connectivity index (χ0) is 11.1. The molecule has 1 aromatic heterocycles. The van der Waals surface area contributed by atoms with Gasteiger partial charge in [-0.25, -0.2) is 4.98 Å². The molecule has 2 heterocycles. The molecule has 82 valence electrons. The number of hydrogen-bond donors (Lipinski definition) is 2. The Morgan fingerprint density at radius 3 is 3.07 bits per heavy atom. The monoisotopic (exact) mass is 210 g/mol. The van der Waals surface area contributed by atoms with Gasteiger partial charge in [0.2, 0.25) is 5.89 Å². The van der Waals surface area contributed by atoms with Crippen LogP contribution in [-0.4, -0.2) is 22.6 Å². The van der Waals surface area contributed by atoms with Crippen molar-refractivity contribution in [2.45, 2.75) is 25.8 Å². The fourth-order valence-corrected chi connectivity index (χ4v) is 2.08. The number of nitrogens with one attached hydrogen (secondary N) is 1. The number of nitrogens with zero attached hydrogens (tertiary/aromatic N) is 1. The number of carboxylic acid groups (broad SMARTS) is 1. The van der Waals surface area contributed by atoms with Crippen molar-refractivity contribution in [3.8, 4) is 0 Å². The van der Waals surface area contributed by atoms with Gasteiger partial charge in [-0.3, -0.25) is 4.79 Å². The van der Waals surface area contributed by atoms with Gasteiger partial charge < -0.3 is 14.8 Å². The second kappa shape index (κ2) is 3.34. The highest BCUT2D eigenvalue weighted by Crippen LogP contribution is 2.35. The van der Waals surface area contributed by atoms with E-state index in [1.807, 2.05) is 6.92 Å². The Kier molecular flexibility index (Phi) is 2.26. The molecule has 1 aliphatic rings. The van der Waals surface area contributed by atoms with Crippen LogP contribution in [0.2, 0.25) is 0 Å². The van der Waals surface area contributed by atoms with Crippen molar-refractivity contribution in [1.29, 1.82) is 0 Å². The molecule has 5 nitrogen and oxygen atoms in total. The highest BCUT2D eigenvalue weighted by molar-refractivity contribution is 5.72. The minimum absolute atomic E-state index is 0.463. The van der Waals surface area contributed by atoms with Gasteiger partial charge in [-0.1, -0.05) is 0 Å². The molecule has 2 unspecified atom stereocenters. The maximum atomic E-state index is 11.1. The van der Waals surface area contributed by atoms with Gasteiger partial charge in [0, 0.05) is 0 Å². The van der Waals surface area contributed by atoms with Crippen molar-refractivity contribution in [3.63, 3.8) is 0 Å². The number of aromatic nitrogens is 1. The number of aryl methyl sites for hydroxylation is 1. The lowest BCUT2D eigenvalue weighted by atomic mass is 9.87. The summed E-state index contributed by atoms with van der Waals surface area (Å²) in [4.78, 5) is 15.2. The van der Waals surface area contributed by atoms with Crippen LogP contribution in [0.1, 0.15) is 25.0 Å². The van der Waals surface area contributed by atoms with Crippen LogP contribution in [0.5, 0.6) is 0 Å². The summed E-state index contributed by atoms with van der Waals surface area (Å²) in [6, 6.07) is 0. The summed E-state index contributed by atoms with van der Waals surface area (Å²) in [6.45, 7) is 4.30. The third kappa shape index (κ3) is 1.52. The number of rotatable bonds is 2. The minimum atomic E-state index is -0.807. The van der Waals surface area contributed by atoms with E-state index in [9.17, 15) is 4.79 Å². The van der Waals surface area contributed by atoms with Crippen LogP contribution in [0.15, 0.2) is 10.6 Å². The predicted molar refractivity (Wildman–Crippen MR) is 52.3 cm³/mol. The first kappa shape index (κ1) is 10.2. The van der Waals surface area contributed by atoms with Crippen molar-refractivity contribution in [3.05, 3.63) is 17.8 Å². The van der Waals surface area contributed by atoms with Crippen molar-refractivity contribution >= 4 is 5.97 Å². The zero-order valence-corrected chi connectivity index (χ0v) is 8.78. The van der Waals surface area contributed by atoms with Gasteiger partial charge in [0.1, 0.15) is 11.3 Å². The molecule has 1 saturated heterocycles. The average molecular weight is 210 g/mol. The van der Waals surface area contributed by atoms with E-state index >= 15 is 0 Å². The summed E-state index contributed by atoms with van der Waals surface area (Å²) in [6.07, 6.45) is 2.22. The van der Waals surface area contributed by atoms with Crippen LogP contribution in [0.3, 0.4) is 0 Å². The van der Waals surface area contributed by atoms with Crippen molar-refractivity contribution < 1.29 is 14.3 Å². The molecule has 0 spiro atoms. The molecular formula is C10H14N2O3. The highest BCUT2D eigenvalue weighted by atomic mass is 16.4. The molecule has 0 aromatic carbocycles. The van der Waals surface area contributed by atoms with Gasteiger partial charge in [-0.2, -0.15) is 0 Å². The van der Waals surface area contributed by atoms with E-state index in [1.54, 1.807) is 13.1 Å². The van der Waals surface area contributed by atoms with E-state index in [0.717, 1.165) is 0 Å². The summed E-state index contributed by atoms with van der Waals surface area (Å²) < 4.78 is 5.41. The molecule has 0 bridgehead atoms. The quantitative estimate of drug-likeness (QED) is 0.758. The van der Waals surface area contributed by atoms with E-state index in [4.69, 9.17) is 9.52 Å². The standard InChI is InChI=1S/C10H14N2O3/c1-6-5-11-9(15-6)10(2)7(8(13)14)3-4-12-10/h5,7,12H,3-4H2,1-2H3,(H,13,14). The number of carbonyl (C=O) groups is 1. The van der Waals surface area contributed by atoms with E-state index in [-0.39, 0.29) is 0 Å². The van der Waals surface area contributed by atoms with Crippen LogP contribution in [0.25, 0.3) is 0 Å². The lowest BCUT2D eigenvalue weighted by Crippen LogP contribution is -2.42. The van der Waals surface area contributed by atoms with Crippen molar-refractivity contribution in [2.24, 2.45) is 5.92 Å². The minimum Gasteiger partial charge on any atom is -0.481 e. The number of hydrogen-bond acceptors (Lipinski definition) is 4. The molecule has 0 saturated carbocycles. The van der Waals surface area contributed by atoms with Gasteiger partial charge in [0.25, 0.3) is 0 Å².